The van der Waals surface area contributed by atoms with Crippen LogP contribution in [0.3, 0.4) is 0 Å². The van der Waals surface area contributed by atoms with Crippen LogP contribution >= 0.6 is 15.9 Å². The van der Waals surface area contributed by atoms with Gasteiger partial charge in [-0.15, -0.1) is 0 Å². The van der Waals surface area contributed by atoms with Crippen LogP contribution in [0, 0.1) is 11.6 Å². The Labute approximate surface area is 119 Å². The maximum atomic E-state index is 13.8. The first-order valence-electron chi connectivity index (χ1n) is 6.52. The average molecular weight is 335 g/mol. The minimum Gasteiger partial charge on any atom is -0.388 e. The molecule has 1 aromatic rings. The zero-order chi connectivity index (χ0) is 13.8. The number of aliphatic hydroxyl groups excluding tert-OH is 1. The van der Waals surface area contributed by atoms with E-state index in [0.717, 1.165) is 31.9 Å². The summed E-state index contributed by atoms with van der Waals surface area (Å²) in [7, 11) is 0. The Morgan fingerprint density at radius 2 is 2.16 bits per heavy atom. The first kappa shape index (κ1) is 14.9. The van der Waals surface area contributed by atoms with Crippen molar-refractivity contribution in [1.29, 1.82) is 0 Å². The first-order chi connectivity index (χ1) is 9.09. The highest BCUT2D eigenvalue weighted by molar-refractivity contribution is 9.10. The van der Waals surface area contributed by atoms with Gasteiger partial charge in [0.05, 0.1) is 22.2 Å². The topological polar surface area (TPSA) is 29.5 Å². The van der Waals surface area contributed by atoms with E-state index in [2.05, 4.69) is 15.9 Å². The van der Waals surface area contributed by atoms with E-state index in [0.29, 0.717) is 12.8 Å². The fraction of sp³-hybridized carbons (Fsp3) is 0.571. The van der Waals surface area contributed by atoms with Crippen LogP contribution in [-0.2, 0) is 4.74 Å². The van der Waals surface area contributed by atoms with Crippen LogP contribution in [0.15, 0.2) is 16.6 Å². The SMILES string of the molecule is OC(CCC1CCCCO1)c1c(F)ccc(Br)c1F. The maximum Gasteiger partial charge on any atom is 0.146 e. The number of aliphatic hydroxyl groups is 1. The summed E-state index contributed by atoms with van der Waals surface area (Å²) in [6, 6.07) is 2.45. The molecule has 5 heteroatoms. The molecule has 2 atom stereocenters. The summed E-state index contributed by atoms with van der Waals surface area (Å²) in [5.74, 6) is -1.44. The van der Waals surface area contributed by atoms with Crippen LogP contribution in [-0.4, -0.2) is 17.8 Å². The average Bonchev–Trinajstić information content (AvgIpc) is 2.42. The van der Waals surface area contributed by atoms with Crippen LogP contribution < -0.4 is 0 Å². The second-order valence-electron chi connectivity index (χ2n) is 4.84. The summed E-state index contributed by atoms with van der Waals surface area (Å²) in [5, 5.41) is 9.98. The molecule has 1 aliphatic rings. The Morgan fingerprint density at radius 3 is 2.84 bits per heavy atom. The van der Waals surface area contributed by atoms with Crippen molar-refractivity contribution in [2.75, 3.05) is 6.61 Å². The van der Waals surface area contributed by atoms with Crippen molar-refractivity contribution in [3.63, 3.8) is 0 Å². The van der Waals surface area contributed by atoms with Crippen LogP contribution in [0.1, 0.15) is 43.8 Å². The lowest BCUT2D eigenvalue weighted by atomic mass is 9.98. The molecule has 0 saturated carbocycles. The smallest absolute Gasteiger partial charge is 0.146 e. The Bertz CT molecular complexity index is 434. The number of ether oxygens (including phenoxy) is 1. The van der Waals surface area contributed by atoms with Crippen molar-refractivity contribution < 1.29 is 18.6 Å². The zero-order valence-electron chi connectivity index (χ0n) is 10.5. The Morgan fingerprint density at radius 1 is 1.37 bits per heavy atom. The van der Waals surface area contributed by atoms with E-state index in [9.17, 15) is 13.9 Å². The molecule has 1 N–H and O–H groups in total. The molecule has 0 aromatic heterocycles. The molecule has 0 bridgehead atoms. The van der Waals surface area contributed by atoms with Gasteiger partial charge in [-0.25, -0.2) is 8.78 Å². The van der Waals surface area contributed by atoms with E-state index in [4.69, 9.17) is 4.74 Å². The second kappa shape index (κ2) is 6.77. The predicted molar refractivity (Wildman–Crippen MR) is 71.8 cm³/mol. The maximum absolute atomic E-state index is 13.8. The van der Waals surface area contributed by atoms with Gasteiger partial charge in [-0.1, -0.05) is 0 Å². The van der Waals surface area contributed by atoms with Gasteiger partial charge >= 0.3 is 0 Å². The van der Waals surface area contributed by atoms with E-state index in [1.54, 1.807) is 0 Å². The molecule has 0 amide bonds. The lowest BCUT2D eigenvalue weighted by Crippen LogP contribution is -2.20. The normalized spacial score (nSPS) is 21.4. The Hall–Kier alpha value is -0.520. The van der Waals surface area contributed by atoms with E-state index >= 15 is 0 Å². The molecule has 106 valence electrons. The van der Waals surface area contributed by atoms with E-state index in [-0.39, 0.29) is 16.1 Å². The summed E-state index contributed by atoms with van der Waals surface area (Å²) in [5.41, 5.74) is -0.259. The molecule has 1 fully saturated rings. The number of halogens is 3. The van der Waals surface area contributed by atoms with Gasteiger partial charge in [0, 0.05) is 6.61 Å². The van der Waals surface area contributed by atoms with Crippen molar-refractivity contribution in [2.24, 2.45) is 0 Å². The van der Waals surface area contributed by atoms with Gasteiger partial charge in [-0.3, -0.25) is 0 Å². The molecular weight excluding hydrogens is 318 g/mol. The number of hydrogen-bond acceptors (Lipinski definition) is 2. The van der Waals surface area contributed by atoms with Crippen molar-refractivity contribution in [2.45, 2.75) is 44.3 Å². The van der Waals surface area contributed by atoms with Gasteiger partial charge < -0.3 is 9.84 Å². The van der Waals surface area contributed by atoms with Crippen LogP contribution in [0.5, 0.6) is 0 Å². The van der Waals surface area contributed by atoms with Crippen LogP contribution in [0.2, 0.25) is 0 Å². The van der Waals surface area contributed by atoms with Gasteiger partial charge in [0.15, 0.2) is 0 Å². The lowest BCUT2D eigenvalue weighted by Gasteiger charge is -2.23. The molecule has 1 heterocycles. The molecule has 1 aromatic carbocycles. The fourth-order valence-electron chi connectivity index (χ4n) is 2.37. The van der Waals surface area contributed by atoms with E-state index in [1.165, 1.54) is 6.07 Å². The second-order valence-corrected chi connectivity index (χ2v) is 5.69. The summed E-state index contributed by atoms with van der Waals surface area (Å²) < 4.78 is 33.1. The summed E-state index contributed by atoms with van der Waals surface area (Å²) in [6.45, 7) is 0.736. The minimum atomic E-state index is -1.14. The molecule has 1 saturated heterocycles. The molecule has 0 spiro atoms. The zero-order valence-corrected chi connectivity index (χ0v) is 12.1. The van der Waals surface area contributed by atoms with E-state index < -0.39 is 17.7 Å². The fourth-order valence-corrected chi connectivity index (χ4v) is 2.72. The molecule has 2 rings (SSSR count). The highest BCUT2D eigenvalue weighted by atomic mass is 79.9. The third kappa shape index (κ3) is 3.74. The first-order valence-corrected chi connectivity index (χ1v) is 7.32. The highest BCUT2D eigenvalue weighted by Gasteiger charge is 2.22. The number of rotatable bonds is 4. The molecule has 2 nitrogen and oxygen atoms in total. The molecular formula is C14H17BrF2O2. The van der Waals surface area contributed by atoms with Crippen LogP contribution in [0.25, 0.3) is 0 Å². The molecule has 0 radical (unpaired) electrons. The summed E-state index contributed by atoms with van der Waals surface area (Å²) in [6.07, 6.45) is 3.01. The highest BCUT2D eigenvalue weighted by Crippen LogP contribution is 2.30. The van der Waals surface area contributed by atoms with Crippen molar-refractivity contribution in [1.82, 2.24) is 0 Å². The lowest BCUT2D eigenvalue weighted by molar-refractivity contribution is 0.00164. The van der Waals surface area contributed by atoms with Gasteiger partial charge in [0.2, 0.25) is 0 Å². The molecule has 2 unspecified atom stereocenters. The Kier molecular flexibility index (Phi) is 5.30. The monoisotopic (exact) mass is 334 g/mol. The van der Waals surface area contributed by atoms with Crippen molar-refractivity contribution in [3.8, 4) is 0 Å². The number of hydrogen-bond donors (Lipinski definition) is 1. The molecule has 19 heavy (non-hydrogen) atoms. The van der Waals surface area contributed by atoms with Gasteiger partial charge in [-0.2, -0.15) is 0 Å². The van der Waals surface area contributed by atoms with Crippen LogP contribution in [0.4, 0.5) is 8.78 Å². The largest absolute Gasteiger partial charge is 0.388 e. The third-order valence-corrected chi connectivity index (χ3v) is 4.06. The molecule has 0 aliphatic carbocycles. The predicted octanol–water partition coefficient (Wildman–Crippen LogP) is 4.11. The van der Waals surface area contributed by atoms with Gasteiger partial charge in [0.25, 0.3) is 0 Å². The Balaban J connectivity index is 1.99. The van der Waals surface area contributed by atoms with Gasteiger partial charge in [0.1, 0.15) is 11.6 Å². The van der Waals surface area contributed by atoms with Gasteiger partial charge in [-0.05, 0) is 60.2 Å². The third-order valence-electron chi connectivity index (χ3n) is 3.45. The summed E-state index contributed by atoms with van der Waals surface area (Å²) >= 11 is 3.00. The standard InChI is InChI=1S/C14H17BrF2O2/c15-10-5-6-11(16)13(14(10)17)12(18)7-4-9-3-1-2-8-19-9/h5-6,9,12,18H,1-4,7-8H2. The quantitative estimate of drug-likeness (QED) is 0.839. The number of benzene rings is 1. The summed E-state index contributed by atoms with van der Waals surface area (Å²) in [4.78, 5) is 0. The minimum absolute atomic E-state index is 0.0988. The van der Waals surface area contributed by atoms with Crippen molar-refractivity contribution in [3.05, 3.63) is 33.8 Å². The molecule has 1 aliphatic heterocycles. The van der Waals surface area contributed by atoms with E-state index in [1.807, 2.05) is 0 Å². The van der Waals surface area contributed by atoms with Crippen molar-refractivity contribution >= 4 is 15.9 Å².